The molecular formula is C14H25NO2. The Labute approximate surface area is 105 Å². The number of rotatable bonds is 4. The molecule has 0 aromatic heterocycles. The van der Waals surface area contributed by atoms with Crippen molar-refractivity contribution in [3.63, 3.8) is 0 Å². The Kier molecular flexibility index (Phi) is 7.39. The van der Waals surface area contributed by atoms with Crippen LogP contribution in [0.4, 0.5) is 0 Å². The molecule has 0 amide bonds. The second-order valence-electron chi connectivity index (χ2n) is 3.82. The first kappa shape index (κ1) is 15.8. The van der Waals surface area contributed by atoms with Crippen LogP contribution in [0.2, 0.25) is 0 Å². The smallest absolute Gasteiger partial charge is 0.122 e. The third-order valence-electron chi connectivity index (χ3n) is 2.34. The van der Waals surface area contributed by atoms with Gasteiger partial charge in [0.2, 0.25) is 0 Å². The molecule has 0 saturated heterocycles. The van der Waals surface area contributed by atoms with Gasteiger partial charge in [0.15, 0.2) is 0 Å². The quantitative estimate of drug-likeness (QED) is 0.878. The molecule has 0 radical (unpaired) electrons. The first-order chi connectivity index (χ1) is 8.08. The minimum Gasteiger partial charge on any atom is -0.496 e. The van der Waals surface area contributed by atoms with E-state index < -0.39 is 0 Å². The summed E-state index contributed by atoms with van der Waals surface area (Å²) >= 11 is 0. The molecule has 2 N–H and O–H groups in total. The number of methoxy groups -OCH3 is 2. The van der Waals surface area contributed by atoms with Gasteiger partial charge in [-0.3, -0.25) is 0 Å². The van der Waals surface area contributed by atoms with Gasteiger partial charge < -0.3 is 15.2 Å². The predicted molar refractivity (Wildman–Crippen MR) is 73.0 cm³/mol. The van der Waals surface area contributed by atoms with Crippen LogP contribution in [-0.2, 0) is 6.42 Å². The van der Waals surface area contributed by atoms with E-state index in [9.17, 15) is 0 Å². The summed E-state index contributed by atoms with van der Waals surface area (Å²) in [5.74, 6) is 1.76. The highest BCUT2D eigenvalue weighted by atomic mass is 16.5. The van der Waals surface area contributed by atoms with E-state index in [2.05, 4.69) is 0 Å². The normalized spacial score (nSPS) is 11.2. The fourth-order valence-corrected chi connectivity index (χ4v) is 1.62. The minimum absolute atomic E-state index is 0.117. The number of aryl methyl sites for hydroxylation is 1. The molecule has 98 valence electrons. The van der Waals surface area contributed by atoms with Crippen LogP contribution >= 0.6 is 0 Å². The summed E-state index contributed by atoms with van der Waals surface area (Å²) < 4.78 is 10.6. The van der Waals surface area contributed by atoms with Gasteiger partial charge in [-0.15, -0.1) is 0 Å². The lowest BCUT2D eigenvalue weighted by atomic mass is 10.0. The maximum Gasteiger partial charge on any atom is 0.122 e. The summed E-state index contributed by atoms with van der Waals surface area (Å²) in [6, 6.07) is 4.10. The lowest BCUT2D eigenvalue weighted by molar-refractivity contribution is 0.395. The molecule has 3 heteroatoms. The average Bonchev–Trinajstić information content (AvgIpc) is 2.32. The van der Waals surface area contributed by atoms with Crippen LogP contribution in [0.3, 0.4) is 0 Å². The Morgan fingerprint density at radius 1 is 1.12 bits per heavy atom. The molecule has 0 aliphatic rings. The lowest BCUT2D eigenvalue weighted by Crippen LogP contribution is -2.18. The molecule has 1 rings (SSSR count). The van der Waals surface area contributed by atoms with E-state index in [0.717, 1.165) is 29.0 Å². The molecule has 0 bridgehead atoms. The molecule has 1 aromatic carbocycles. The van der Waals surface area contributed by atoms with Gasteiger partial charge in [-0.1, -0.05) is 13.8 Å². The molecule has 17 heavy (non-hydrogen) atoms. The molecule has 0 spiro atoms. The third kappa shape index (κ3) is 4.65. The van der Waals surface area contributed by atoms with Crippen LogP contribution in [0.5, 0.6) is 11.5 Å². The molecule has 0 aliphatic heterocycles. The van der Waals surface area contributed by atoms with E-state index in [1.165, 1.54) is 0 Å². The van der Waals surface area contributed by atoms with Crippen LogP contribution in [0.1, 0.15) is 31.9 Å². The number of hydrogen-bond donors (Lipinski definition) is 1. The van der Waals surface area contributed by atoms with Gasteiger partial charge in [-0.25, -0.2) is 0 Å². The van der Waals surface area contributed by atoms with Crippen molar-refractivity contribution in [1.29, 1.82) is 0 Å². The molecule has 0 saturated carbocycles. The average molecular weight is 239 g/mol. The van der Waals surface area contributed by atoms with E-state index in [1.807, 2.05) is 39.8 Å². The second kappa shape index (κ2) is 7.96. The zero-order chi connectivity index (χ0) is 13.4. The Bertz CT molecular complexity index is 335. The topological polar surface area (TPSA) is 44.5 Å². The second-order valence-corrected chi connectivity index (χ2v) is 3.82. The van der Waals surface area contributed by atoms with Crippen molar-refractivity contribution in [3.8, 4) is 11.5 Å². The summed E-state index contributed by atoms with van der Waals surface area (Å²) in [6.07, 6.45) is 0.791. The number of ether oxygens (including phenoxy) is 2. The summed E-state index contributed by atoms with van der Waals surface area (Å²) in [4.78, 5) is 0. The standard InChI is InChI=1S/C12H19NO2.C2H6/c1-8-5-12(15-4)10(6-9(2)13)7-11(8)14-3;1-2/h5,7,9H,6,13H2,1-4H3;1-2H3. The number of benzene rings is 1. The van der Waals surface area contributed by atoms with E-state index in [0.29, 0.717) is 0 Å². The molecule has 0 aliphatic carbocycles. The summed E-state index contributed by atoms with van der Waals surface area (Å²) in [5.41, 5.74) is 7.95. The van der Waals surface area contributed by atoms with Crippen molar-refractivity contribution < 1.29 is 9.47 Å². The molecule has 3 nitrogen and oxygen atoms in total. The van der Waals surface area contributed by atoms with Gasteiger partial charge in [0.25, 0.3) is 0 Å². The highest BCUT2D eigenvalue weighted by Crippen LogP contribution is 2.28. The van der Waals surface area contributed by atoms with Crippen molar-refractivity contribution in [2.75, 3.05) is 14.2 Å². The van der Waals surface area contributed by atoms with Crippen molar-refractivity contribution in [2.45, 2.75) is 40.2 Å². The zero-order valence-electron chi connectivity index (χ0n) is 11.8. The third-order valence-corrected chi connectivity index (χ3v) is 2.34. The summed E-state index contributed by atoms with van der Waals surface area (Å²) in [5, 5.41) is 0. The molecule has 1 unspecified atom stereocenters. The first-order valence-corrected chi connectivity index (χ1v) is 6.05. The predicted octanol–water partition coefficient (Wildman–Crippen LogP) is 2.93. The van der Waals surface area contributed by atoms with Crippen LogP contribution in [0.15, 0.2) is 12.1 Å². The van der Waals surface area contributed by atoms with Crippen molar-refractivity contribution in [2.24, 2.45) is 5.73 Å². The number of nitrogens with two attached hydrogens (primary N) is 1. The van der Waals surface area contributed by atoms with Gasteiger partial charge in [-0.05, 0) is 43.5 Å². The van der Waals surface area contributed by atoms with Gasteiger partial charge in [-0.2, -0.15) is 0 Å². The Morgan fingerprint density at radius 2 is 1.65 bits per heavy atom. The number of hydrogen-bond acceptors (Lipinski definition) is 3. The van der Waals surface area contributed by atoms with Crippen LogP contribution < -0.4 is 15.2 Å². The van der Waals surface area contributed by atoms with Crippen LogP contribution in [-0.4, -0.2) is 20.3 Å². The Hall–Kier alpha value is -1.22. The van der Waals surface area contributed by atoms with E-state index in [1.54, 1.807) is 14.2 Å². The van der Waals surface area contributed by atoms with Crippen molar-refractivity contribution in [1.82, 2.24) is 0 Å². The van der Waals surface area contributed by atoms with E-state index in [4.69, 9.17) is 15.2 Å². The minimum atomic E-state index is 0.117. The van der Waals surface area contributed by atoms with E-state index in [-0.39, 0.29) is 6.04 Å². The monoisotopic (exact) mass is 239 g/mol. The summed E-state index contributed by atoms with van der Waals surface area (Å²) in [7, 11) is 3.34. The zero-order valence-corrected chi connectivity index (χ0v) is 11.8. The van der Waals surface area contributed by atoms with E-state index >= 15 is 0 Å². The molecule has 0 heterocycles. The molecule has 1 aromatic rings. The van der Waals surface area contributed by atoms with Gasteiger partial charge >= 0.3 is 0 Å². The highest BCUT2D eigenvalue weighted by Gasteiger charge is 2.09. The Balaban J connectivity index is 0.00000121. The molecular weight excluding hydrogens is 214 g/mol. The summed E-state index contributed by atoms with van der Waals surface area (Å²) in [6.45, 7) is 7.97. The van der Waals surface area contributed by atoms with Gasteiger partial charge in [0.05, 0.1) is 14.2 Å². The highest BCUT2D eigenvalue weighted by molar-refractivity contribution is 5.46. The van der Waals surface area contributed by atoms with Crippen molar-refractivity contribution in [3.05, 3.63) is 23.3 Å². The lowest BCUT2D eigenvalue weighted by Gasteiger charge is -2.14. The Morgan fingerprint density at radius 3 is 2.06 bits per heavy atom. The molecule has 1 atom stereocenters. The fourth-order valence-electron chi connectivity index (χ4n) is 1.62. The maximum absolute atomic E-state index is 5.78. The van der Waals surface area contributed by atoms with Crippen molar-refractivity contribution >= 4 is 0 Å². The van der Waals surface area contributed by atoms with Crippen LogP contribution in [0, 0.1) is 6.92 Å². The molecule has 0 fully saturated rings. The fraction of sp³-hybridized carbons (Fsp3) is 0.571. The van der Waals surface area contributed by atoms with Gasteiger partial charge in [0.1, 0.15) is 11.5 Å². The van der Waals surface area contributed by atoms with Gasteiger partial charge in [0, 0.05) is 6.04 Å². The van der Waals surface area contributed by atoms with Crippen LogP contribution in [0.25, 0.3) is 0 Å². The largest absolute Gasteiger partial charge is 0.496 e. The first-order valence-electron chi connectivity index (χ1n) is 6.05. The SMILES string of the molecule is CC.COc1cc(CC(C)N)c(OC)cc1C. The maximum atomic E-state index is 5.78.